The van der Waals surface area contributed by atoms with Crippen LogP contribution in [-0.4, -0.2) is 11.1 Å². The SMILES string of the molecule is Nc1ccc(N)c(CC(=O)O)c1N. The number of rotatable bonds is 2. The summed E-state index contributed by atoms with van der Waals surface area (Å²) in [4.78, 5) is 10.4. The summed E-state index contributed by atoms with van der Waals surface area (Å²) < 4.78 is 0. The number of benzene rings is 1. The molecule has 0 aliphatic heterocycles. The van der Waals surface area contributed by atoms with Gasteiger partial charge in [0.2, 0.25) is 0 Å². The number of nitrogens with two attached hydrogens (primary N) is 3. The third-order valence-corrected chi connectivity index (χ3v) is 1.76. The number of anilines is 3. The Bertz CT molecular complexity index is 349. The first-order valence-electron chi connectivity index (χ1n) is 3.66. The van der Waals surface area contributed by atoms with Gasteiger partial charge in [-0.25, -0.2) is 0 Å². The molecule has 0 aliphatic carbocycles. The van der Waals surface area contributed by atoms with E-state index in [1.807, 2.05) is 0 Å². The smallest absolute Gasteiger partial charge is 0.307 e. The third kappa shape index (κ3) is 1.81. The van der Waals surface area contributed by atoms with E-state index in [0.29, 0.717) is 16.9 Å². The Hall–Kier alpha value is -1.91. The minimum absolute atomic E-state index is 0.206. The summed E-state index contributed by atoms with van der Waals surface area (Å²) >= 11 is 0. The normalized spacial score (nSPS) is 9.85. The van der Waals surface area contributed by atoms with E-state index in [1.165, 1.54) is 0 Å². The van der Waals surface area contributed by atoms with Gasteiger partial charge in [0.05, 0.1) is 17.8 Å². The van der Waals surface area contributed by atoms with Crippen LogP contribution in [0.4, 0.5) is 17.1 Å². The Labute approximate surface area is 75.1 Å². The van der Waals surface area contributed by atoms with Crippen LogP contribution in [0.2, 0.25) is 0 Å². The van der Waals surface area contributed by atoms with Gasteiger partial charge in [0, 0.05) is 11.3 Å². The lowest BCUT2D eigenvalue weighted by molar-refractivity contribution is -0.136. The monoisotopic (exact) mass is 181 g/mol. The molecule has 0 radical (unpaired) electrons. The first-order chi connectivity index (χ1) is 6.02. The average Bonchev–Trinajstić information content (AvgIpc) is 2.05. The highest BCUT2D eigenvalue weighted by Gasteiger charge is 2.10. The second kappa shape index (κ2) is 3.22. The fourth-order valence-corrected chi connectivity index (χ4v) is 1.05. The Morgan fingerprint density at radius 2 is 1.77 bits per heavy atom. The van der Waals surface area contributed by atoms with Crippen molar-refractivity contribution in [1.29, 1.82) is 0 Å². The maximum absolute atomic E-state index is 10.4. The molecule has 5 nitrogen and oxygen atoms in total. The number of carbonyl (C=O) groups is 1. The highest BCUT2D eigenvalue weighted by atomic mass is 16.4. The topological polar surface area (TPSA) is 115 Å². The van der Waals surface area contributed by atoms with E-state index < -0.39 is 5.97 Å². The van der Waals surface area contributed by atoms with Crippen molar-refractivity contribution >= 4 is 23.0 Å². The zero-order chi connectivity index (χ0) is 10.0. The zero-order valence-electron chi connectivity index (χ0n) is 6.95. The summed E-state index contributed by atoms with van der Waals surface area (Å²) in [5.41, 5.74) is 17.9. The van der Waals surface area contributed by atoms with Gasteiger partial charge < -0.3 is 22.3 Å². The van der Waals surface area contributed by atoms with Crippen molar-refractivity contribution in [2.24, 2.45) is 0 Å². The molecule has 0 saturated carbocycles. The van der Waals surface area contributed by atoms with Crippen LogP contribution < -0.4 is 17.2 Å². The van der Waals surface area contributed by atoms with Gasteiger partial charge in [-0.15, -0.1) is 0 Å². The van der Waals surface area contributed by atoms with Crippen molar-refractivity contribution in [2.75, 3.05) is 17.2 Å². The minimum Gasteiger partial charge on any atom is -0.481 e. The fourth-order valence-electron chi connectivity index (χ4n) is 1.05. The van der Waals surface area contributed by atoms with E-state index in [-0.39, 0.29) is 12.1 Å². The Kier molecular flexibility index (Phi) is 2.27. The first kappa shape index (κ1) is 9.18. The van der Waals surface area contributed by atoms with Crippen LogP contribution in [0.1, 0.15) is 5.56 Å². The summed E-state index contributed by atoms with van der Waals surface area (Å²) in [7, 11) is 0. The second-order valence-corrected chi connectivity index (χ2v) is 2.71. The number of hydrogen-bond acceptors (Lipinski definition) is 4. The molecule has 1 aromatic carbocycles. The second-order valence-electron chi connectivity index (χ2n) is 2.71. The molecule has 0 bridgehead atoms. The highest BCUT2D eigenvalue weighted by Crippen LogP contribution is 2.25. The first-order valence-corrected chi connectivity index (χ1v) is 3.66. The van der Waals surface area contributed by atoms with Gasteiger partial charge in [0.25, 0.3) is 0 Å². The lowest BCUT2D eigenvalue weighted by Crippen LogP contribution is -2.08. The Morgan fingerprint density at radius 1 is 1.23 bits per heavy atom. The molecule has 0 amide bonds. The van der Waals surface area contributed by atoms with Crippen LogP contribution in [0.15, 0.2) is 12.1 Å². The maximum Gasteiger partial charge on any atom is 0.307 e. The summed E-state index contributed by atoms with van der Waals surface area (Å²) in [6, 6.07) is 3.10. The number of nitrogen functional groups attached to an aromatic ring is 3. The zero-order valence-corrected chi connectivity index (χ0v) is 6.95. The number of hydrogen-bond donors (Lipinski definition) is 4. The molecule has 0 unspecified atom stereocenters. The fraction of sp³-hybridized carbons (Fsp3) is 0.125. The Balaban J connectivity index is 3.17. The van der Waals surface area contributed by atoms with E-state index >= 15 is 0 Å². The van der Waals surface area contributed by atoms with Gasteiger partial charge >= 0.3 is 5.97 Å². The van der Waals surface area contributed by atoms with E-state index in [9.17, 15) is 4.79 Å². The number of carboxylic acids is 1. The average molecular weight is 181 g/mol. The molecule has 7 N–H and O–H groups in total. The quantitative estimate of drug-likeness (QED) is 0.481. The molecule has 1 aromatic rings. The van der Waals surface area contributed by atoms with Crippen LogP contribution in [0.25, 0.3) is 0 Å². The van der Waals surface area contributed by atoms with Crippen molar-refractivity contribution in [3.05, 3.63) is 17.7 Å². The molecule has 0 atom stereocenters. The number of aliphatic carboxylic acids is 1. The van der Waals surface area contributed by atoms with E-state index in [4.69, 9.17) is 22.3 Å². The van der Waals surface area contributed by atoms with Crippen LogP contribution in [0, 0.1) is 0 Å². The Morgan fingerprint density at radius 3 is 2.31 bits per heavy atom. The molecule has 0 spiro atoms. The van der Waals surface area contributed by atoms with Gasteiger partial charge in [0.1, 0.15) is 0 Å². The molecular formula is C8H11N3O2. The van der Waals surface area contributed by atoms with Gasteiger partial charge in [-0.2, -0.15) is 0 Å². The number of carboxylic acid groups (broad SMARTS) is 1. The summed E-state index contributed by atoms with van der Waals surface area (Å²) in [5.74, 6) is -0.982. The lowest BCUT2D eigenvalue weighted by Gasteiger charge is -2.08. The van der Waals surface area contributed by atoms with Crippen molar-refractivity contribution in [3.63, 3.8) is 0 Å². The molecule has 0 aliphatic rings. The van der Waals surface area contributed by atoms with Crippen molar-refractivity contribution in [3.8, 4) is 0 Å². The van der Waals surface area contributed by atoms with E-state index in [2.05, 4.69) is 0 Å². The molecule has 0 heterocycles. The lowest BCUT2D eigenvalue weighted by atomic mass is 10.1. The molecule has 0 aromatic heterocycles. The molecule has 5 heteroatoms. The minimum atomic E-state index is -0.982. The molecule has 0 fully saturated rings. The van der Waals surface area contributed by atoms with Crippen LogP contribution in [0.5, 0.6) is 0 Å². The van der Waals surface area contributed by atoms with Crippen LogP contribution in [-0.2, 0) is 11.2 Å². The molecular weight excluding hydrogens is 170 g/mol. The van der Waals surface area contributed by atoms with E-state index in [0.717, 1.165) is 0 Å². The molecule has 1 rings (SSSR count). The van der Waals surface area contributed by atoms with Crippen molar-refractivity contribution in [1.82, 2.24) is 0 Å². The molecule has 0 saturated heterocycles. The van der Waals surface area contributed by atoms with Gasteiger partial charge in [0.15, 0.2) is 0 Å². The molecule has 13 heavy (non-hydrogen) atoms. The van der Waals surface area contributed by atoms with Gasteiger partial charge in [-0.05, 0) is 12.1 Å². The predicted molar refractivity (Wildman–Crippen MR) is 51.0 cm³/mol. The van der Waals surface area contributed by atoms with E-state index in [1.54, 1.807) is 12.1 Å². The van der Waals surface area contributed by atoms with Gasteiger partial charge in [-0.1, -0.05) is 0 Å². The maximum atomic E-state index is 10.4. The van der Waals surface area contributed by atoms with Crippen molar-refractivity contribution < 1.29 is 9.90 Å². The largest absolute Gasteiger partial charge is 0.481 e. The predicted octanol–water partition coefficient (Wildman–Crippen LogP) is 0.0603. The third-order valence-electron chi connectivity index (χ3n) is 1.76. The molecule has 70 valence electrons. The van der Waals surface area contributed by atoms with Gasteiger partial charge in [-0.3, -0.25) is 4.79 Å². The highest BCUT2D eigenvalue weighted by molar-refractivity contribution is 5.81. The van der Waals surface area contributed by atoms with Crippen LogP contribution in [0.3, 0.4) is 0 Å². The summed E-state index contributed by atoms with van der Waals surface area (Å²) in [6.45, 7) is 0. The van der Waals surface area contributed by atoms with Crippen LogP contribution >= 0.6 is 0 Å². The summed E-state index contributed by atoms with van der Waals surface area (Å²) in [6.07, 6.45) is -0.206. The summed E-state index contributed by atoms with van der Waals surface area (Å²) in [5, 5.41) is 8.55. The van der Waals surface area contributed by atoms with Crippen molar-refractivity contribution in [2.45, 2.75) is 6.42 Å². The standard InChI is InChI=1S/C8H11N3O2/c9-5-1-2-6(10)8(11)4(5)3-7(12)13/h1-2H,3,9-11H2,(H,12,13).